The summed E-state index contributed by atoms with van der Waals surface area (Å²) in [5.74, 6) is 2.67. The molecular weight excluding hydrogens is 129 g/mol. The van der Waals surface area contributed by atoms with E-state index in [0.29, 0.717) is 6.04 Å². The van der Waals surface area contributed by atoms with Gasteiger partial charge in [0.25, 0.3) is 0 Å². The van der Waals surface area contributed by atoms with E-state index < -0.39 is 0 Å². The van der Waals surface area contributed by atoms with Crippen molar-refractivity contribution in [2.75, 3.05) is 0 Å². The van der Waals surface area contributed by atoms with E-state index in [-0.39, 0.29) is 0 Å². The number of hydrogen-bond acceptors (Lipinski definition) is 1. The third kappa shape index (κ3) is 0.576. The lowest BCUT2D eigenvalue weighted by atomic mass is 9.50. The van der Waals surface area contributed by atoms with E-state index >= 15 is 0 Å². The van der Waals surface area contributed by atoms with Crippen LogP contribution in [0.15, 0.2) is 0 Å². The molecule has 0 radical (unpaired) electrons. The van der Waals surface area contributed by atoms with Crippen LogP contribution in [0.3, 0.4) is 0 Å². The van der Waals surface area contributed by atoms with Crippen LogP contribution in [-0.2, 0) is 0 Å². The Hall–Kier alpha value is 0.390. The van der Waals surface area contributed by atoms with Crippen molar-refractivity contribution in [3.8, 4) is 0 Å². The minimum atomic E-state index is 0.520. The van der Waals surface area contributed by atoms with Crippen molar-refractivity contribution in [1.82, 2.24) is 0 Å². The van der Waals surface area contributed by atoms with E-state index in [2.05, 4.69) is 16.2 Å². The third-order valence-electron chi connectivity index (χ3n) is 3.26. The first-order chi connectivity index (χ1) is 4.22. The van der Waals surface area contributed by atoms with Crippen LogP contribution in [0.4, 0.5) is 0 Å². The Labute approximate surface area is 58.6 Å². The molecule has 52 valence electrons. The second-order valence-corrected chi connectivity index (χ2v) is 4.43. The summed E-state index contributed by atoms with van der Waals surface area (Å²) in [6.45, 7) is 2.28. The van der Waals surface area contributed by atoms with Gasteiger partial charge >= 0.3 is 0 Å². The summed E-state index contributed by atoms with van der Waals surface area (Å²) in [4.78, 5) is 0. The van der Waals surface area contributed by atoms with Crippen molar-refractivity contribution < 1.29 is 0 Å². The van der Waals surface area contributed by atoms with Gasteiger partial charge < -0.3 is 5.73 Å². The molecule has 0 aromatic carbocycles. The summed E-state index contributed by atoms with van der Waals surface area (Å²) < 4.78 is 0. The van der Waals surface area contributed by atoms with Crippen LogP contribution in [0.25, 0.3) is 0 Å². The fourth-order valence-corrected chi connectivity index (χ4v) is 3.23. The molecule has 2 saturated carbocycles. The van der Waals surface area contributed by atoms with Gasteiger partial charge in [-0.05, 0) is 29.8 Å². The van der Waals surface area contributed by atoms with Gasteiger partial charge in [0.2, 0.25) is 0 Å². The molecule has 0 aromatic heterocycles. The van der Waals surface area contributed by atoms with Crippen molar-refractivity contribution in [2.24, 2.45) is 23.5 Å². The van der Waals surface area contributed by atoms with E-state index in [1.165, 1.54) is 6.42 Å². The monoisotopic (exact) mass is 143 g/mol. The van der Waals surface area contributed by atoms with Gasteiger partial charge in [0.05, 0.1) is 0 Å². The third-order valence-corrected chi connectivity index (χ3v) is 3.98. The summed E-state index contributed by atoms with van der Waals surface area (Å²) in [6.07, 6.45) is 1.41. The highest BCUT2D eigenvalue weighted by molar-refractivity contribution is 7.17. The average molecular weight is 143 g/mol. The molecule has 6 atom stereocenters. The van der Waals surface area contributed by atoms with Gasteiger partial charge in [0.15, 0.2) is 0 Å². The molecule has 0 saturated heterocycles. The Balaban J connectivity index is 2.02. The lowest BCUT2D eigenvalue weighted by Crippen LogP contribution is -2.65. The van der Waals surface area contributed by atoms with Crippen molar-refractivity contribution in [3.63, 3.8) is 0 Å². The molecule has 2 fully saturated rings. The maximum Gasteiger partial charge on any atom is 0.0104 e. The van der Waals surface area contributed by atoms with Crippen LogP contribution in [0.1, 0.15) is 13.3 Å². The van der Waals surface area contributed by atoms with Crippen molar-refractivity contribution in [1.29, 1.82) is 0 Å². The second-order valence-electron chi connectivity index (χ2n) is 3.58. The first kappa shape index (κ1) is 6.12. The molecule has 2 heteroatoms. The van der Waals surface area contributed by atoms with Gasteiger partial charge in [0, 0.05) is 6.04 Å². The van der Waals surface area contributed by atoms with Crippen LogP contribution in [-0.4, -0.2) is 11.7 Å². The lowest BCUT2D eigenvalue weighted by Gasteiger charge is -2.60. The highest BCUT2D eigenvalue weighted by atomic mass is 31.0. The van der Waals surface area contributed by atoms with E-state index in [9.17, 15) is 0 Å². The predicted octanol–water partition coefficient (Wildman–Crippen LogP) is 0.843. The minimum Gasteiger partial charge on any atom is -0.327 e. The van der Waals surface area contributed by atoms with Crippen LogP contribution < -0.4 is 5.73 Å². The predicted molar refractivity (Wildman–Crippen MR) is 42.2 cm³/mol. The molecule has 0 aromatic rings. The zero-order valence-corrected chi connectivity index (χ0v) is 6.90. The molecule has 0 heterocycles. The summed E-state index contributed by atoms with van der Waals surface area (Å²) >= 11 is 0. The molecule has 0 bridgehead atoms. The Bertz CT molecular complexity index is 131. The van der Waals surface area contributed by atoms with Gasteiger partial charge in [-0.1, -0.05) is 6.92 Å². The molecule has 0 spiro atoms. The molecule has 6 unspecified atom stereocenters. The quantitative estimate of drug-likeness (QED) is 0.500. The number of nitrogens with two attached hydrogens (primary N) is 1. The molecule has 0 amide bonds. The largest absolute Gasteiger partial charge is 0.327 e. The Morgan fingerprint density at radius 3 is 2.56 bits per heavy atom. The molecule has 2 aliphatic rings. The maximum atomic E-state index is 5.88. The fourth-order valence-electron chi connectivity index (χ4n) is 2.38. The van der Waals surface area contributed by atoms with Gasteiger partial charge in [-0.2, -0.15) is 0 Å². The Morgan fingerprint density at radius 2 is 2.22 bits per heavy atom. The second kappa shape index (κ2) is 1.71. The number of hydrogen-bond donors (Lipinski definition) is 1. The smallest absolute Gasteiger partial charge is 0.0104 e. The zero-order chi connectivity index (χ0) is 6.59. The minimum absolute atomic E-state index is 0.520. The summed E-state index contributed by atoms with van der Waals surface area (Å²) in [6, 6.07) is 0.520. The molecule has 9 heavy (non-hydrogen) atoms. The first-order valence-electron chi connectivity index (χ1n) is 3.73. The van der Waals surface area contributed by atoms with Crippen LogP contribution >= 0.6 is 9.24 Å². The van der Waals surface area contributed by atoms with E-state index in [1.54, 1.807) is 0 Å². The van der Waals surface area contributed by atoms with Crippen molar-refractivity contribution in [2.45, 2.75) is 25.0 Å². The van der Waals surface area contributed by atoms with E-state index in [4.69, 9.17) is 5.73 Å². The molecule has 2 N–H and O–H groups in total. The van der Waals surface area contributed by atoms with Gasteiger partial charge in [-0.3, -0.25) is 0 Å². The number of fused-ring (bicyclic) bond motifs is 1. The standard InChI is InChI=1S/C7H14NP/c1-3-4-2-5(9)6(4)7(3)8/h3-7H,2,8-9H2,1H3. The van der Waals surface area contributed by atoms with Crippen LogP contribution in [0, 0.1) is 17.8 Å². The van der Waals surface area contributed by atoms with Crippen molar-refractivity contribution in [3.05, 3.63) is 0 Å². The SMILES string of the molecule is CC1C(N)C2C(P)CC12. The van der Waals surface area contributed by atoms with Gasteiger partial charge in [-0.15, -0.1) is 9.24 Å². The van der Waals surface area contributed by atoms with Gasteiger partial charge in [-0.25, -0.2) is 0 Å². The highest BCUT2D eigenvalue weighted by Gasteiger charge is 2.55. The van der Waals surface area contributed by atoms with Crippen molar-refractivity contribution >= 4 is 9.24 Å². The maximum absolute atomic E-state index is 5.88. The fraction of sp³-hybridized carbons (Fsp3) is 1.00. The molecular formula is C7H14NP. The lowest BCUT2D eigenvalue weighted by molar-refractivity contribution is -0.0339. The highest BCUT2D eigenvalue weighted by Crippen LogP contribution is 2.56. The summed E-state index contributed by atoms with van der Waals surface area (Å²) in [7, 11) is 2.89. The Kier molecular flexibility index (Phi) is 1.16. The summed E-state index contributed by atoms with van der Waals surface area (Å²) in [5.41, 5.74) is 6.73. The molecule has 1 nitrogen and oxygen atoms in total. The Morgan fingerprint density at radius 1 is 1.56 bits per heavy atom. The van der Waals surface area contributed by atoms with E-state index in [0.717, 1.165) is 23.4 Å². The number of rotatable bonds is 0. The average Bonchev–Trinajstić information content (AvgIpc) is 1.81. The van der Waals surface area contributed by atoms with Gasteiger partial charge in [0.1, 0.15) is 0 Å². The van der Waals surface area contributed by atoms with Crippen LogP contribution in [0.2, 0.25) is 0 Å². The first-order valence-corrected chi connectivity index (χ1v) is 4.39. The zero-order valence-electron chi connectivity index (χ0n) is 5.75. The summed E-state index contributed by atoms with van der Waals surface area (Å²) in [5, 5.41) is 0. The topological polar surface area (TPSA) is 26.0 Å². The normalized spacial score (nSPS) is 63.7. The molecule has 2 aliphatic carbocycles. The van der Waals surface area contributed by atoms with Crippen LogP contribution in [0.5, 0.6) is 0 Å². The molecule has 0 aliphatic heterocycles. The van der Waals surface area contributed by atoms with E-state index in [1.807, 2.05) is 0 Å². The molecule has 2 rings (SSSR count).